The summed E-state index contributed by atoms with van der Waals surface area (Å²) in [6.45, 7) is 1.71. The zero-order valence-electron chi connectivity index (χ0n) is 10.4. The van der Waals surface area contributed by atoms with Crippen LogP contribution in [0.3, 0.4) is 0 Å². The van der Waals surface area contributed by atoms with Crippen LogP contribution in [0.4, 0.5) is 21.7 Å². The molecule has 0 aliphatic heterocycles. The quantitative estimate of drug-likeness (QED) is 0.863. The smallest absolute Gasteiger partial charge is 0.148 e. The number of nitrogens with one attached hydrogen (secondary N) is 2. The predicted molar refractivity (Wildman–Crippen MR) is 70.9 cm³/mol. The number of benzene rings is 1. The highest BCUT2D eigenvalue weighted by atomic mass is 19.1. The third kappa shape index (κ3) is 4.02. The second-order valence-corrected chi connectivity index (χ2v) is 3.98. The molecule has 1 aromatic heterocycles. The molecule has 1 heterocycles. The number of rotatable bonds is 5. The molecule has 0 radical (unpaired) electrons. The van der Waals surface area contributed by atoms with Crippen molar-refractivity contribution in [1.29, 1.82) is 0 Å². The molecule has 0 fully saturated rings. The summed E-state index contributed by atoms with van der Waals surface area (Å²) in [6, 6.07) is 7.61. The van der Waals surface area contributed by atoms with Crippen molar-refractivity contribution in [3.05, 3.63) is 42.5 Å². The molecule has 98 valence electrons. The van der Waals surface area contributed by atoms with Crippen LogP contribution in [-0.2, 0) is 4.79 Å². The average Bonchev–Trinajstić information content (AvgIpc) is 2.40. The Morgan fingerprint density at radius 2 is 1.89 bits per heavy atom. The Bertz CT molecular complexity index is 571. The van der Waals surface area contributed by atoms with Gasteiger partial charge in [0.1, 0.15) is 29.6 Å². The molecule has 2 rings (SSSR count). The summed E-state index contributed by atoms with van der Waals surface area (Å²) in [5, 5.41) is 5.90. The van der Waals surface area contributed by atoms with Crippen molar-refractivity contribution in [2.75, 3.05) is 17.2 Å². The second-order valence-electron chi connectivity index (χ2n) is 3.98. The van der Waals surface area contributed by atoms with Crippen molar-refractivity contribution in [2.45, 2.75) is 6.92 Å². The molecule has 6 heteroatoms. The third-order valence-corrected chi connectivity index (χ3v) is 2.30. The number of anilines is 3. The van der Waals surface area contributed by atoms with E-state index in [0.29, 0.717) is 11.6 Å². The van der Waals surface area contributed by atoms with Gasteiger partial charge in [0, 0.05) is 11.8 Å². The first-order valence-corrected chi connectivity index (χ1v) is 5.71. The summed E-state index contributed by atoms with van der Waals surface area (Å²) in [4.78, 5) is 18.9. The molecular formula is C13H13FN4O. The van der Waals surface area contributed by atoms with Crippen LogP contribution in [0.5, 0.6) is 0 Å². The molecule has 0 spiro atoms. The zero-order valence-corrected chi connectivity index (χ0v) is 10.4. The van der Waals surface area contributed by atoms with E-state index in [9.17, 15) is 9.18 Å². The lowest BCUT2D eigenvalue weighted by molar-refractivity contribution is -0.115. The molecule has 5 nitrogen and oxygen atoms in total. The van der Waals surface area contributed by atoms with Crippen LogP contribution in [0.2, 0.25) is 0 Å². The van der Waals surface area contributed by atoms with Crippen molar-refractivity contribution in [3.8, 4) is 0 Å². The van der Waals surface area contributed by atoms with Crippen molar-refractivity contribution in [1.82, 2.24) is 9.97 Å². The number of ketones is 1. The van der Waals surface area contributed by atoms with Crippen LogP contribution >= 0.6 is 0 Å². The molecule has 1 aromatic carbocycles. The fourth-order valence-corrected chi connectivity index (χ4v) is 1.42. The Morgan fingerprint density at radius 1 is 1.21 bits per heavy atom. The molecule has 2 N–H and O–H groups in total. The number of hydrogen-bond donors (Lipinski definition) is 2. The summed E-state index contributed by atoms with van der Waals surface area (Å²) in [5.74, 6) is 0.839. The van der Waals surface area contributed by atoms with Gasteiger partial charge in [0.05, 0.1) is 6.54 Å². The predicted octanol–water partition coefficient (Wildman–Crippen LogP) is 2.36. The van der Waals surface area contributed by atoms with Gasteiger partial charge in [-0.25, -0.2) is 14.4 Å². The first kappa shape index (κ1) is 12.9. The van der Waals surface area contributed by atoms with E-state index in [4.69, 9.17) is 0 Å². The summed E-state index contributed by atoms with van der Waals surface area (Å²) < 4.78 is 12.8. The van der Waals surface area contributed by atoms with Gasteiger partial charge in [-0.05, 0) is 31.2 Å². The first-order valence-electron chi connectivity index (χ1n) is 5.71. The lowest BCUT2D eigenvalue weighted by Gasteiger charge is -2.07. The van der Waals surface area contributed by atoms with E-state index in [1.807, 2.05) is 0 Å². The van der Waals surface area contributed by atoms with Gasteiger partial charge in [0.15, 0.2) is 0 Å². The largest absolute Gasteiger partial charge is 0.363 e. The van der Waals surface area contributed by atoms with E-state index in [1.54, 1.807) is 18.2 Å². The van der Waals surface area contributed by atoms with E-state index < -0.39 is 0 Å². The monoisotopic (exact) mass is 260 g/mol. The summed E-state index contributed by atoms with van der Waals surface area (Å²) in [7, 11) is 0. The standard InChI is InChI=1S/C13H13FN4O/c1-9(19)7-15-12-6-13(17-8-16-12)18-11-4-2-10(14)3-5-11/h2-6,8H,7H2,1H3,(H2,15,16,17,18). The third-order valence-electron chi connectivity index (χ3n) is 2.30. The van der Waals surface area contributed by atoms with Crippen LogP contribution < -0.4 is 10.6 Å². The average molecular weight is 260 g/mol. The van der Waals surface area contributed by atoms with Crippen molar-refractivity contribution < 1.29 is 9.18 Å². The fourth-order valence-electron chi connectivity index (χ4n) is 1.42. The summed E-state index contributed by atoms with van der Waals surface area (Å²) in [6.07, 6.45) is 1.38. The SMILES string of the molecule is CC(=O)CNc1cc(Nc2ccc(F)cc2)ncn1. The maximum Gasteiger partial charge on any atom is 0.148 e. The number of carbonyl (C=O) groups excluding carboxylic acids is 1. The van der Waals surface area contributed by atoms with Crippen LogP contribution in [0.15, 0.2) is 36.7 Å². The lowest BCUT2D eigenvalue weighted by atomic mass is 10.3. The highest BCUT2D eigenvalue weighted by Crippen LogP contribution is 2.16. The van der Waals surface area contributed by atoms with Gasteiger partial charge < -0.3 is 10.6 Å². The molecule has 19 heavy (non-hydrogen) atoms. The van der Waals surface area contributed by atoms with Gasteiger partial charge >= 0.3 is 0 Å². The Morgan fingerprint density at radius 3 is 2.58 bits per heavy atom. The van der Waals surface area contributed by atoms with Crippen molar-refractivity contribution in [3.63, 3.8) is 0 Å². The molecule has 0 atom stereocenters. The van der Waals surface area contributed by atoms with Gasteiger partial charge in [-0.1, -0.05) is 0 Å². The Kier molecular flexibility index (Phi) is 4.02. The normalized spacial score (nSPS) is 10.0. The fraction of sp³-hybridized carbons (Fsp3) is 0.154. The van der Waals surface area contributed by atoms with Crippen molar-refractivity contribution >= 4 is 23.1 Å². The highest BCUT2D eigenvalue weighted by Gasteiger charge is 2.00. The Labute approximate surface area is 109 Å². The number of nitrogens with zero attached hydrogens (tertiary/aromatic N) is 2. The molecule has 0 aliphatic carbocycles. The van der Waals surface area contributed by atoms with Gasteiger partial charge in [0.2, 0.25) is 0 Å². The van der Waals surface area contributed by atoms with E-state index in [-0.39, 0.29) is 18.1 Å². The maximum atomic E-state index is 12.8. The minimum Gasteiger partial charge on any atom is -0.363 e. The Hall–Kier alpha value is -2.50. The van der Waals surface area contributed by atoms with Crippen LogP contribution in [0, 0.1) is 5.82 Å². The summed E-state index contributed by atoms with van der Waals surface area (Å²) >= 11 is 0. The van der Waals surface area contributed by atoms with Gasteiger partial charge in [-0.2, -0.15) is 0 Å². The topological polar surface area (TPSA) is 66.9 Å². The van der Waals surface area contributed by atoms with Crippen molar-refractivity contribution in [2.24, 2.45) is 0 Å². The molecule has 0 unspecified atom stereocenters. The molecule has 2 aromatic rings. The molecule has 0 bridgehead atoms. The number of aromatic nitrogens is 2. The van der Waals surface area contributed by atoms with E-state index >= 15 is 0 Å². The molecule has 0 amide bonds. The zero-order chi connectivity index (χ0) is 13.7. The number of carbonyl (C=O) groups is 1. The van der Waals surface area contributed by atoms with Crippen LogP contribution in [-0.4, -0.2) is 22.3 Å². The van der Waals surface area contributed by atoms with Crippen LogP contribution in [0.1, 0.15) is 6.92 Å². The second kappa shape index (κ2) is 5.90. The molecule has 0 saturated heterocycles. The Balaban J connectivity index is 2.06. The summed E-state index contributed by atoms with van der Waals surface area (Å²) in [5.41, 5.74) is 0.720. The highest BCUT2D eigenvalue weighted by molar-refractivity contribution is 5.80. The van der Waals surface area contributed by atoms with E-state index in [1.165, 1.54) is 25.4 Å². The van der Waals surface area contributed by atoms with Gasteiger partial charge in [-0.15, -0.1) is 0 Å². The minimum absolute atomic E-state index is 0.0201. The van der Waals surface area contributed by atoms with Crippen LogP contribution in [0.25, 0.3) is 0 Å². The molecule has 0 aliphatic rings. The molecule has 0 saturated carbocycles. The van der Waals surface area contributed by atoms with E-state index in [0.717, 1.165) is 5.69 Å². The van der Waals surface area contributed by atoms with E-state index in [2.05, 4.69) is 20.6 Å². The van der Waals surface area contributed by atoms with Gasteiger partial charge in [0.25, 0.3) is 0 Å². The number of hydrogen-bond acceptors (Lipinski definition) is 5. The molecular weight excluding hydrogens is 247 g/mol. The number of Topliss-reactive ketones (excluding diaryl/α,β-unsaturated/α-hetero) is 1. The lowest BCUT2D eigenvalue weighted by Crippen LogP contribution is -2.11. The van der Waals surface area contributed by atoms with Gasteiger partial charge in [-0.3, -0.25) is 4.79 Å². The number of halogens is 1. The first-order chi connectivity index (χ1) is 9.13. The maximum absolute atomic E-state index is 12.8. The minimum atomic E-state index is -0.294.